The molecule has 0 spiro atoms. The van der Waals surface area contributed by atoms with E-state index in [9.17, 15) is 0 Å². The molecule has 0 bridgehead atoms. The Morgan fingerprint density at radius 2 is 2.21 bits per heavy atom. The van der Waals surface area contributed by atoms with E-state index in [1.54, 1.807) is 6.07 Å². The van der Waals surface area contributed by atoms with Crippen molar-refractivity contribution < 1.29 is 4.74 Å². The lowest BCUT2D eigenvalue weighted by Gasteiger charge is -2.20. The smallest absolute Gasteiger partial charge is 0.130 e. The highest BCUT2D eigenvalue weighted by atomic mass is 16.5. The number of hydrogen-bond acceptors (Lipinski definition) is 2. The Morgan fingerprint density at radius 3 is 2.93 bits per heavy atom. The van der Waals surface area contributed by atoms with Crippen LogP contribution in [0.25, 0.3) is 0 Å². The van der Waals surface area contributed by atoms with Crippen LogP contribution < -0.4 is 4.74 Å². The number of allylic oxidation sites excluding steroid dienone is 2. The molecular weight excluding hydrogens is 174 g/mol. The number of fused-ring (bicyclic) bond motifs is 1. The van der Waals surface area contributed by atoms with Crippen LogP contribution in [0.3, 0.4) is 0 Å². The summed E-state index contributed by atoms with van der Waals surface area (Å²) in [5, 5.41) is 8.77. The van der Waals surface area contributed by atoms with Gasteiger partial charge in [0.05, 0.1) is 17.4 Å². The zero-order chi connectivity index (χ0) is 10.1. The van der Waals surface area contributed by atoms with Crippen LogP contribution in [0.5, 0.6) is 5.75 Å². The maximum Gasteiger partial charge on any atom is 0.130 e. The van der Waals surface area contributed by atoms with E-state index < -0.39 is 0 Å². The van der Waals surface area contributed by atoms with Crippen molar-refractivity contribution in [3.8, 4) is 11.8 Å². The normalized spacial score (nSPS) is 18.9. The van der Waals surface area contributed by atoms with Gasteiger partial charge in [0.15, 0.2) is 0 Å². The summed E-state index contributed by atoms with van der Waals surface area (Å²) < 4.78 is 5.55. The first kappa shape index (κ1) is 8.83. The summed E-state index contributed by atoms with van der Waals surface area (Å²) in [5.41, 5.74) is 1.78. The molecule has 1 atom stereocenters. The Kier molecular flexibility index (Phi) is 2.01. The summed E-state index contributed by atoms with van der Waals surface area (Å²) in [7, 11) is 0. The van der Waals surface area contributed by atoms with E-state index in [2.05, 4.69) is 19.1 Å². The predicted octanol–water partition coefficient (Wildman–Crippen LogP) is 2.96. The van der Waals surface area contributed by atoms with Crippen LogP contribution in [0.2, 0.25) is 0 Å². The molecule has 0 N–H and O–H groups in total. The van der Waals surface area contributed by atoms with E-state index >= 15 is 0 Å². The molecule has 0 amide bonds. The second-order valence-electron chi connectivity index (χ2n) is 3.53. The number of nitriles is 1. The van der Waals surface area contributed by atoms with E-state index in [1.165, 1.54) is 0 Å². The lowest BCUT2D eigenvalue weighted by atomic mass is 9.96. The van der Waals surface area contributed by atoms with Gasteiger partial charge in [0.25, 0.3) is 0 Å². The van der Waals surface area contributed by atoms with Gasteiger partial charge in [-0.05, 0) is 31.2 Å². The molecule has 1 heterocycles. The van der Waals surface area contributed by atoms with Gasteiger partial charge in [0.2, 0.25) is 0 Å². The van der Waals surface area contributed by atoms with Crippen molar-refractivity contribution in [1.82, 2.24) is 0 Å². The van der Waals surface area contributed by atoms with Crippen LogP contribution in [0.15, 0.2) is 30.0 Å². The molecule has 0 fully saturated rings. The van der Waals surface area contributed by atoms with Gasteiger partial charge in [-0.2, -0.15) is 5.26 Å². The summed E-state index contributed by atoms with van der Waals surface area (Å²) in [6, 6.07) is 7.67. The topological polar surface area (TPSA) is 33.0 Å². The summed E-state index contributed by atoms with van der Waals surface area (Å²) in [4.78, 5) is 0. The van der Waals surface area contributed by atoms with Crippen LogP contribution in [0, 0.1) is 11.3 Å². The van der Waals surface area contributed by atoms with Crippen LogP contribution in [-0.2, 0) is 0 Å². The van der Waals surface area contributed by atoms with Gasteiger partial charge in [-0.15, -0.1) is 0 Å². The molecule has 0 aromatic heterocycles. The van der Waals surface area contributed by atoms with Crippen molar-refractivity contribution in [2.45, 2.75) is 19.8 Å². The minimum absolute atomic E-state index is 0.326. The zero-order valence-corrected chi connectivity index (χ0v) is 8.24. The number of nitrogens with zero attached hydrogens (tertiary/aromatic N) is 1. The fourth-order valence-electron chi connectivity index (χ4n) is 1.72. The largest absolute Gasteiger partial charge is 0.462 e. The molecule has 0 saturated heterocycles. The quantitative estimate of drug-likeness (QED) is 0.622. The number of ether oxygens (including phenoxy) is 1. The van der Waals surface area contributed by atoms with Crippen molar-refractivity contribution >= 4 is 0 Å². The molecule has 0 saturated carbocycles. The lowest BCUT2D eigenvalue weighted by Crippen LogP contribution is -2.05. The Hall–Kier alpha value is -1.75. The molecule has 70 valence electrons. The third-order valence-corrected chi connectivity index (χ3v) is 2.39. The van der Waals surface area contributed by atoms with E-state index in [1.807, 2.05) is 19.1 Å². The van der Waals surface area contributed by atoms with Gasteiger partial charge >= 0.3 is 0 Å². The Bertz CT molecular complexity index is 440. The molecule has 2 heteroatoms. The second kappa shape index (κ2) is 3.19. The van der Waals surface area contributed by atoms with Crippen LogP contribution >= 0.6 is 0 Å². The summed E-state index contributed by atoms with van der Waals surface area (Å²) in [5.74, 6) is 2.12. The molecule has 0 radical (unpaired) electrons. The van der Waals surface area contributed by atoms with E-state index in [0.717, 1.165) is 17.1 Å². The highest BCUT2D eigenvalue weighted by Crippen LogP contribution is 2.34. The first-order valence-electron chi connectivity index (χ1n) is 4.61. The fraction of sp³-hybridized carbons (Fsp3) is 0.250. The summed E-state index contributed by atoms with van der Waals surface area (Å²) >= 11 is 0. The molecule has 2 rings (SSSR count). The minimum Gasteiger partial charge on any atom is -0.462 e. The van der Waals surface area contributed by atoms with Gasteiger partial charge in [0.1, 0.15) is 5.75 Å². The van der Waals surface area contributed by atoms with Gasteiger partial charge in [-0.3, -0.25) is 0 Å². The molecule has 14 heavy (non-hydrogen) atoms. The zero-order valence-electron chi connectivity index (χ0n) is 8.24. The van der Waals surface area contributed by atoms with Crippen molar-refractivity contribution in [3.63, 3.8) is 0 Å². The van der Waals surface area contributed by atoms with E-state index in [0.29, 0.717) is 11.5 Å². The fourth-order valence-corrected chi connectivity index (χ4v) is 1.72. The van der Waals surface area contributed by atoms with Gasteiger partial charge in [-0.25, -0.2) is 0 Å². The van der Waals surface area contributed by atoms with Crippen molar-refractivity contribution in [2.75, 3.05) is 0 Å². The van der Waals surface area contributed by atoms with E-state index in [4.69, 9.17) is 10.00 Å². The standard InChI is InChI=1S/C12H11NO/c1-8-5-9(2)14-12-4-3-10(7-13)6-11(8)12/h3-6,8H,1-2H3. The molecular formula is C12H11NO. The first-order chi connectivity index (χ1) is 6.70. The van der Waals surface area contributed by atoms with Crippen LogP contribution in [0.4, 0.5) is 0 Å². The molecule has 1 aliphatic heterocycles. The number of rotatable bonds is 0. The van der Waals surface area contributed by atoms with E-state index in [-0.39, 0.29) is 0 Å². The average molecular weight is 185 g/mol. The molecule has 1 aliphatic rings. The third kappa shape index (κ3) is 1.38. The van der Waals surface area contributed by atoms with Crippen LogP contribution in [0.1, 0.15) is 30.9 Å². The van der Waals surface area contributed by atoms with Gasteiger partial charge in [-0.1, -0.05) is 6.92 Å². The van der Waals surface area contributed by atoms with Crippen molar-refractivity contribution in [1.29, 1.82) is 5.26 Å². The highest BCUT2D eigenvalue weighted by Gasteiger charge is 2.16. The van der Waals surface area contributed by atoms with Crippen LogP contribution in [-0.4, -0.2) is 0 Å². The van der Waals surface area contributed by atoms with Crippen molar-refractivity contribution in [2.24, 2.45) is 0 Å². The summed E-state index contributed by atoms with van der Waals surface area (Å²) in [6.45, 7) is 4.05. The van der Waals surface area contributed by atoms with Crippen molar-refractivity contribution in [3.05, 3.63) is 41.2 Å². The number of benzene rings is 1. The second-order valence-corrected chi connectivity index (χ2v) is 3.53. The first-order valence-corrected chi connectivity index (χ1v) is 4.61. The maximum absolute atomic E-state index is 8.77. The molecule has 1 aromatic rings. The maximum atomic E-state index is 8.77. The SMILES string of the molecule is CC1=CC(C)c2cc(C#N)ccc2O1. The molecule has 2 nitrogen and oxygen atoms in total. The Morgan fingerprint density at radius 1 is 1.43 bits per heavy atom. The van der Waals surface area contributed by atoms with Gasteiger partial charge < -0.3 is 4.74 Å². The predicted molar refractivity (Wildman–Crippen MR) is 54.0 cm³/mol. The lowest BCUT2D eigenvalue weighted by molar-refractivity contribution is 0.405. The highest BCUT2D eigenvalue weighted by molar-refractivity contribution is 5.47. The molecule has 1 unspecified atom stereocenters. The van der Waals surface area contributed by atoms with Gasteiger partial charge in [0, 0.05) is 11.5 Å². The Balaban J connectivity index is 2.51. The average Bonchev–Trinajstić information content (AvgIpc) is 2.17. The Labute approximate surface area is 83.4 Å². The minimum atomic E-state index is 0.326. The number of hydrogen-bond donors (Lipinski definition) is 0. The molecule has 0 aliphatic carbocycles. The summed E-state index contributed by atoms with van der Waals surface area (Å²) in [6.07, 6.45) is 2.06. The molecule has 1 aromatic carbocycles. The third-order valence-electron chi connectivity index (χ3n) is 2.39. The monoisotopic (exact) mass is 185 g/mol.